The van der Waals surface area contributed by atoms with E-state index >= 15 is 0 Å². The largest absolute Gasteiger partial charge is 0.212 e. The predicted molar refractivity (Wildman–Crippen MR) is 97.3 cm³/mol. The van der Waals surface area contributed by atoms with Crippen LogP contribution in [-0.4, -0.2) is 26.3 Å². The molecular formula is C16H10BrClN4S. The molecule has 2 heterocycles. The normalized spacial score (nSPS) is 13.6. The minimum atomic E-state index is 0.638. The number of rotatable bonds is 2. The lowest BCUT2D eigenvalue weighted by atomic mass is 10.1. The molecule has 0 aliphatic carbocycles. The molecule has 0 bridgehead atoms. The molecule has 3 aromatic rings. The van der Waals surface area contributed by atoms with Gasteiger partial charge in [0.15, 0.2) is 5.82 Å². The Bertz CT molecular complexity index is 905. The van der Waals surface area contributed by atoms with Crippen molar-refractivity contribution in [2.75, 3.05) is 5.75 Å². The van der Waals surface area contributed by atoms with Crippen molar-refractivity contribution in [2.24, 2.45) is 5.10 Å². The lowest BCUT2D eigenvalue weighted by Gasteiger charge is -2.14. The molecule has 0 fully saturated rings. The maximum absolute atomic E-state index is 6.29. The predicted octanol–water partition coefficient (Wildman–Crippen LogP) is 4.72. The summed E-state index contributed by atoms with van der Waals surface area (Å²) < 4.78 is 2.82. The van der Waals surface area contributed by atoms with Gasteiger partial charge in [0.2, 0.25) is 5.16 Å². The van der Waals surface area contributed by atoms with Crippen LogP contribution in [0.2, 0.25) is 5.02 Å². The van der Waals surface area contributed by atoms with Crippen LogP contribution in [-0.2, 0) is 0 Å². The molecule has 0 unspecified atom stereocenters. The van der Waals surface area contributed by atoms with Crippen LogP contribution in [0.1, 0.15) is 5.56 Å². The van der Waals surface area contributed by atoms with Crippen molar-refractivity contribution in [1.29, 1.82) is 0 Å². The molecule has 0 spiro atoms. The summed E-state index contributed by atoms with van der Waals surface area (Å²) in [6.07, 6.45) is 0. The summed E-state index contributed by atoms with van der Waals surface area (Å²) in [6.45, 7) is 0. The Balaban J connectivity index is 1.81. The Labute approximate surface area is 150 Å². The minimum absolute atomic E-state index is 0.638. The number of aromatic nitrogens is 3. The fourth-order valence-electron chi connectivity index (χ4n) is 2.32. The molecule has 0 amide bonds. The van der Waals surface area contributed by atoms with Crippen molar-refractivity contribution in [3.05, 3.63) is 63.6 Å². The molecule has 7 heteroatoms. The number of halogens is 2. The van der Waals surface area contributed by atoms with Gasteiger partial charge in [0.1, 0.15) is 0 Å². The first kappa shape index (κ1) is 14.9. The van der Waals surface area contributed by atoms with E-state index in [-0.39, 0.29) is 0 Å². The van der Waals surface area contributed by atoms with Gasteiger partial charge in [-0.3, -0.25) is 0 Å². The molecule has 4 rings (SSSR count). The average Bonchev–Trinajstić information content (AvgIpc) is 2.99. The molecule has 23 heavy (non-hydrogen) atoms. The van der Waals surface area contributed by atoms with Crippen molar-refractivity contribution in [3.63, 3.8) is 0 Å². The lowest BCUT2D eigenvalue weighted by molar-refractivity contribution is 0.762. The second-order valence-corrected chi connectivity index (χ2v) is 7.21. The number of thioether (sulfide) groups is 1. The topological polar surface area (TPSA) is 43.1 Å². The number of nitrogens with zero attached hydrogens (tertiary/aromatic N) is 4. The summed E-state index contributed by atoms with van der Waals surface area (Å²) in [5.41, 5.74) is 2.91. The van der Waals surface area contributed by atoms with E-state index in [9.17, 15) is 0 Å². The van der Waals surface area contributed by atoms with Gasteiger partial charge >= 0.3 is 0 Å². The highest BCUT2D eigenvalue weighted by Gasteiger charge is 2.21. The lowest BCUT2D eigenvalue weighted by Crippen LogP contribution is -2.13. The van der Waals surface area contributed by atoms with Crippen LogP contribution in [0.4, 0.5) is 0 Å². The summed E-state index contributed by atoms with van der Waals surface area (Å²) >= 11 is 11.4. The first-order chi connectivity index (χ1) is 11.2. The van der Waals surface area contributed by atoms with Gasteiger partial charge in [-0.2, -0.15) is 9.78 Å². The fraction of sp³-hybridized carbons (Fsp3) is 0.0625. The zero-order chi connectivity index (χ0) is 15.8. The Morgan fingerprint density at radius 1 is 1.04 bits per heavy atom. The second-order valence-electron chi connectivity index (χ2n) is 4.94. The highest BCUT2D eigenvalue weighted by Crippen LogP contribution is 2.31. The van der Waals surface area contributed by atoms with Gasteiger partial charge in [-0.05, 0) is 29.8 Å². The second kappa shape index (κ2) is 6.11. The van der Waals surface area contributed by atoms with Crippen molar-refractivity contribution in [2.45, 2.75) is 5.16 Å². The third-order valence-electron chi connectivity index (χ3n) is 3.46. The van der Waals surface area contributed by atoms with Crippen LogP contribution in [0.15, 0.2) is 63.3 Å². The Hall–Kier alpha value is -1.63. The summed E-state index contributed by atoms with van der Waals surface area (Å²) in [7, 11) is 0. The maximum Gasteiger partial charge on any atom is 0.212 e. The SMILES string of the molecule is Clc1ccccc1-c1nnc2n1N=C(c1ccc(Br)cc1)CS2. The first-order valence-corrected chi connectivity index (χ1v) is 9.05. The first-order valence-electron chi connectivity index (χ1n) is 6.89. The molecule has 0 saturated heterocycles. The Morgan fingerprint density at radius 3 is 2.61 bits per heavy atom. The van der Waals surface area contributed by atoms with Crippen LogP contribution in [0.3, 0.4) is 0 Å². The highest BCUT2D eigenvalue weighted by atomic mass is 79.9. The molecule has 1 aliphatic rings. The van der Waals surface area contributed by atoms with Crippen molar-refractivity contribution in [3.8, 4) is 11.4 Å². The third-order valence-corrected chi connectivity index (χ3v) is 5.25. The van der Waals surface area contributed by atoms with E-state index in [0.717, 1.165) is 32.2 Å². The van der Waals surface area contributed by atoms with E-state index in [4.69, 9.17) is 16.7 Å². The molecule has 0 N–H and O–H groups in total. The van der Waals surface area contributed by atoms with Gasteiger partial charge in [-0.15, -0.1) is 10.2 Å². The molecule has 0 radical (unpaired) electrons. The third kappa shape index (κ3) is 2.82. The molecule has 1 aromatic heterocycles. The molecule has 0 saturated carbocycles. The smallest absolute Gasteiger partial charge is 0.186 e. The molecule has 4 nitrogen and oxygen atoms in total. The molecule has 2 aromatic carbocycles. The summed E-state index contributed by atoms with van der Waals surface area (Å²) in [4.78, 5) is 0. The van der Waals surface area contributed by atoms with Gasteiger partial charge in [0.05, 0.1) is 10.7 Å². The number of hydrogen-bond donors (Lipinski definition) is 0. The number of hydrogen-bond acceptors (Lipinski definition) is 4. The number of fused-ring (bicyclic) bond motifs is 1. The fourth-order valence-corrected chi connectivity index (χ4v) is 3.64. The van der Waals surface area contributed by atoms with E-state index in [1.165, 1.54) is 0 Å². The van der Waals surface area contributed by atoms with Crippen LogP contribution >= 0.6 is 39.3 Å². The monoisotopic (exact) mass is 404 g/mol. The highest BCUT2D eigenvalue weighted by molar-refractivity contribution is 9.10. The summed E-state index contributed by atoms with van der Waals surface area (Å²) in [6, 6.07) is 15.7. The van der Waals surface area contributed by atoms with Gasteiger partial charge in [-0.1, -0.05) is 63.6 Å². The van der Waals surface area contributed by atoms with Gasteiger partial charge in [0, 0.05) is 15.8 Å². The van der Waals surface area contributed by atoms with E-state index < -0.39 is 0 Å². The van der Waals surface area contributed by atoms with Crippen LogP contribution in [0, 0.1) is 0 Å². The van der Waals surface area contributed by atoms with Gasteiger partial charge in [-0.25, -0.2) is 0 Å². The van der Waals surface area contributed by atoms with E-state index in [1.807, 2.05) is 48.5 Å². The van der Waals surface area contributed by atoms with Gasteiger partial charge in [0.25, 0.3) is 0 Å². The van der Waals surface area contributed by atoms with Crippen LogP contribution in [0.25, 0.3) is 11.4 Å². The van der Waals surface area contributed by atoms with Crippen LogP contribution in [0.5, 0.6) is 0 Å². The molecule has 0 atom stereocenters. The van der Waals surface area contributed by atoms with Crippen molar-refractivity contribution >= 4 is 45.0 Å². The van der Waals surface area contributed by atoms with E-state index in [0.29, 0.717) is 10.8 Å². The maximum atomic E-state index is 6.29. The van der Waals surface area contributed by atoms with Crippen LogP contribution < -0.4 is 0 Å². The quantitative estimate of drug-likeness (QED) is 0.619. The van der Waals surface area contributed by atoms with Crippen molar-refractivity contribution < 1.29 is 0 Å². The van der Waals surface area contributed by atoms with E-state index in [2.05, 4.69) is 26.1 Å². The zero-order valence-electron chi connectivity index (χ0n) is 11.8. The zero-order valence-corrected chi connectivity index (χ0v) is 14.9. The average molecular weight is 406 g/mol. The Morgan fingerprint density at radius 2 is 1.83 bits per heavy atom. The number of benzene rings is 2. The molecule has 1 aliphatic heterocycles. The van der Waals surface area contributed by atoms with E-state index in [1.54, 1.807) is 16.4 Å². The summed E-state index contributed by atoms with van der Waals surface area (Å²) in [5, 5.41) is 14.6. The minimum Gasteiger partial charge on any atom is -0.186 e. The summed E-state index contributed by atoms with van der Waals surface area (Å²) in [5.74, 6) is 1.43. The molecule has 114 valence electrons. The van der Waals surface area contributed by atoms with Crippen molar-refractivity contribution in [1.82, 2.24) is 14.9 Å². The standard InChI is InChI=1S/C16H10BrClN4S/c17-11-7-5-10(6-8-11)14-9-23-16-20-19-15(22(16)21-14)12-3-1-2-4-13(12)18/h1-8H,9H2. The molecular weight excluding hydrogens is 396 g/mol. The van der Waals surface area contributed by atoms with Gasteiger partial charge < -0.3 is 0 Å². The Kier molecular flexibility index (Phi) is 3.97.